The van der Waals surface area contributed by atoms with Crippen molar-refractivity contribution in [1.29, 1.82) is 0 Å². The molecule has 2 atom stereocenters. The molecule has 9 heteroatoms. The molecule has 0 bridgehead atoms. The van der Waals surface area contributed by atoms with Gasteiger partial charge in [-0.15, -0.1) is 12.4 Å². The minimum absolute atomic E-state index is 0. The molecule has 1 aliphatic rings. The number of fused-ring (bicyclic) bond motifs is 1. The highest BCUT2D eigenvalue weighted by Gasteiger charge is 2.33. The lowest BCUT2D eigenvalue weighted by atomic mass is 9.89. The summed E-state index contributed by atoms with van der Waals surface area (Å²) in [5.41, 5.74) is 3.47. The van der Waals surface area contributed by atoms with Gasteiger partial charge in [-0.1, -0.05) is 6.07 Å². The third kappa shape index (κ3) is 4.45. The Morgan fingerprint density at radius 3 is 2.71 bits per heavy atom. The Bertz CT molecular complexity index is 854. The van der Waals surface area contributed by atoms with Crippen LogP contribution in [0.3, 0.4) is 0 Å². The van der Waals surface area contributed by atoms with Crippen LogP contribution in [0, 0.1) is 0 Å². The van der Waals surface area contributed by atoms with Crippen LogP contribution in [0.5, 0.6) is 0 Å². The first-order valence-corrected chi connectivity index (χ1v) is 9.01. The molecule has 1 aromatic heterocycles. The van der Waals surface area contributed by atoms with E-state index < -0.39 is 6.09 Å². The Labute approximate surface area is 170 Å². The molecule has 3 N–H and O–H groups in total. The first kappa shape index (κ1) is 21.7. The molecule has 0 aliphatic carbocycles. The number of amides is 2. The molecule has 8 nitrogen and oxygen atoms in total. The predicted octanol–water partition coefficient (Wildman–Crippen LogP) is 2.65. The standard InChI is InChI=1S/C19H25N5O3.ClH/c1-12-8-17(22-19(26)27)16-9-14(4-5-18(16)24(12)13(2)25)15-10-21-23(11-15)7-6-20-3;/h4-5,9-12,17,20,22H,6-8H2,1-3H3,(H,26,27);1H/t12-,17+;/m0./s1. The molecule has 2 amide bonds. The van der Waals surface area contributed by atoms with E-state index in [2.05, 4.69) is 15.7 Å². The van der Waals surface area contributed by atoms with Crippen molar-refractivity contribution in [3.63, 3.8) is 0 Å². The third-order valence-electron chi connectivity index (χ3n) is 4.87. The van der Waals surface area contributed by atoms with E-state index in [0.29, 0.717) is 6.42 Å². The van der Waals surface area contributed by atoms with Gasteiger partial charge in [-0.05, 0) is 43.7 Å². The van der Waals surface area contributed by atoms with Gasteiger partial charge in [0.15, 0.2) is 0 Å². The number of aromatic nitrogens is 2. The number of nitrogens with one attached hydrogen (secondary N) is 2. The van der Waals surface area contributed by atoms with Gasteiger partial charge in [0, 0.05) is 37.0 Å². The molecule has 2 heterocycles. The zero-order valence-corrected chi connectivity index (χ0v) is 17.0. The number of carbonyl (C=O) groups excluding carboxylic acids is 1. The maximum Gasteiger partial charge on any atom is 0.405 e. The Morgan fingerprint density at radius 1 is 1.32 bits per heavy atom. The van der Waals surface area contributed by atoms with Crippen LogP contribution in [0.1, 0.15) is 31.9 Å². The number of carboxylic acid groups (broad SMARTS) is 1. The molecule has 0 saturated carbocycles. The smallest absolute Gasteiger partial charge is 0.405 e. The monoisotopic (exact) mass is 407 g/mol. The van der Waals surface area contributed by atoms with E-state index in [0.717, 1.165) is 35.5 Å². The summed E-state index contributed by atoms with van der Waals surface area (Å²) in [7, 11) is 1.89. The number of hydrogen-bond acceptors (Lipinski definition) is 4. The van der Waals surface area contributed by atoms with Crippen LogP contribution in [0.4, 0.5) is 10.5 Å². The average Bonchev–Trinajstić information content (AvgIpc) is 3.07. The van der Waals surface area contributed by atoms with Crippen LogP contribution >= 0.6 is 12.4 Å². The van der Waals surface area contributed by atoms with Gasteiger partial charge in [-0.25, -0.2) is 4.79 Å². The van der Waals surface area contributed by atoms with Crippen LogP contribution in [-0.2, 0) is 11.3 Å². The first-order valence-electron chi connectivity index (χ1n) is 9.01. The highest BCUT2D eigenvalue weighted by molar-refractivity contribution is 5.94. The molecule has 1 aliphatic heterocycles. The van der Waals surface area contributed by atoms with E-state index in [4.69, 9.17) is 0 Å². The molecule has 0 spiro atoms. The predicted molar refractivity (Wildman–Crippen MR) is 110 cm³/mol. The molecule has 28 heavy (non-hydrogen) atoms. The van der Waals surface area contributed by atoms with Crippen molar-refractivity contribution in [3.8, 4) is 11.1 Å². The summed E-state index contributed by atoms with van der Waals surface area (Å²) in [6.07, 6.45) is 3.22. The molecular weight excluding hydrogens is 382 g/mol. The van der Waals surface area contributed by atoms with Crippen LogP contribution in [-0.4, -0.2) is 46.5 Å². The van der Waals surface area contributed by atoms with Gasteiger partial charge >= 0.3 is 6.09 Å². The van der Waals surface area contributed by atoms with Gasteiger partial charge in [0.05, 0.1) is 18.8 Å². The van der Waals surface area contributed by atoms with E-state index in [1.807, 2.05) is 43.0 Å². The minimum Gasteiger partial charge on any atom is -0.465 e. The fraction of sp³-hybridized carbons (Fsp3) is 0.421. The molecule has 0 saturated heterocycles. The number of anilines is 1. The summed E-state index contributed by atoms with van der Waals surface area (Å²) in [6, 6.07) is 5.36. The second-order valence-corrected chi connectivity index (χ2v) is 6.85. The normalized spacial score (nSPS) is 18.2. The maximum atomic E-state index is 12.1. The quantitative estimate of drug-likeness (QED) is 0.707. The van der Waals surface area contributed by atoms with Gasteiger partial charge in [-0.3, -0.25) is 9.48 Å². The number of likely N-dealkylation sites (N-methyl/N-ethyl adjacent to an activating group) is 1. The molecule has 0 radical (unpaired) electrons. The number of benzene rings is 1. The van der Waals surface area contributed by atoms with E-state index in [9.17, 15) is 14.7 Å². The van der Waals surface area contributed by atoms with Crippen molar-refractivity contribution in [3.05, 3.63) is 36.2 Å². The minimum atomic E-state index is -1.07. The topological polar surface area (TPSA) is 99.5 Å². The van der Waals surface area contributed by atoms with Gasteiger partial charge in [0.1, 0.15) is 0 Å². The molecule has 0 fully saturated rings. The van der Waals surface area contributed by atoms with Crippen LogP contribution < -0.4 is 15.5 Å². The maximum absolute atomic E-state index is 12.1. The fourth-order valence-corrected chi connectivity index (χ4v) is 3.67. The second kappa shape index (κ2) is 9.07. The zero-order valence-electron chi connectivity index (χ0n) is 16.2. The Hall–Kier alpha value is -2.58. The molecular formula is C19H26ClN5O3. The molecule has 2 aromatic rings. The van der Waals surface area contributed by atoms with E-state index >= 15 is 0 Å². The van der Waals surface area contributed by atoms with Crippen LogP contribution in [0.25, 0.3) is 11.1 Å². The Kier molecular flexibility index (Phi) is 7.04. The molecule has 0 unspecified atom stereocenters. The highest BCUT2D eigenvalue weighted by Crippen LogP contribution is 2.39. The number of carbonyl (C=O) groups is 2. The molecule has 3 rings (SSSR count). The third-order valence-corrected chi connectivity index (χ3v) is 4.87. The molecule has 152 valence electrons. The van der Waals surface area contributed by atoms with E-state index in [-0.39, 0.29) is 30.4 Å². The van der Waals surface area contributed by atoms with Crippen molar-refractivity contribution in [2.24, 2.45) is 0 Å². The summed E-state index contributed by atoms with van der Waals surface area (Å²) >= 11 is 0. The van der Waals surface area contributed by atoms with Gasteiger partial charge in [0.25, 0.3) is 0 Å². The summed E-state index contributed by atoms with van der Waals surface area (Å²) < 4.78 is 1.86. The Balaban J connectivity index is 0.00000280. The van der Waals surface area contributed by atoms with Crippen molar-refractivity contribution in [2.45, 2.75) is 38.9 Å². The summed E-state index contributed by atoms with van der Waals surface area (Å²) in [5.74, 6) is -0.0508. The van der Waals surface area contributed by atoms with E-state index in [1.165, 1.54) is 6.92 Å². The molecule has 1 aromatic carbocycles. The number of hydrogen-bond donors (Lipinski definition) is 3. The Morgan fingerprint density at radius 2 is 2.07 bits per heavy atom. The lowest BCUT2D eigenvalue weighted by Gasteiger charge is -2.39. The fourth-order valence-electron chi connectivity index (χ4n) is 3.67. The lowest BCUT2D eigenvalue weighted by molar-refractivity contribution is -0.117. The highest BCUT2D eigenvalue weighted by atomic mass is 35.5. The van der Waals surface area contributed by atoms with Crippen LogP contribution in [0.2, 0.25) is 0 Å². The van der Waals surface area contributed by atoms with Crippen molar-refractivity contribution >= 4 is 30.1 Å². The lowest BCUT2D eigenvalue weighted by Crippen LogP contribution is -2.45. The summed E-state index contributed by atoms with van der Waals surface area (Å²) in [4.78, 5) is 25.1. The average molecular weight is 408 g/mol. The zero-order chi connectivity index (χ0) is 19.6. The van der Waals surface area contributed by atoms with Crippen molar-refractivity contribution in [1.82, 2.24) is 20.4 Å². The number of rotatable bonds is 5. The van der Waals surface area contributed by atoms with Crippen molar-refractivity contribution in [2.75, 3.05) is 18.5 Å². The number of nitrogens with zero attached hydrogens (tertiary/aromatic N) is 3. The SMILES string of the molecule is CNCCn1cc(-c2ccc3c(c2)[C@H](NC(=O)O)C[C@H](C)N3C(C)=O)cn1.Cl. The largest absolute Gasteiger partial charge is 0.465 e. The number of halogens is 1. The van der Waals surface area contributed by atoms with Crippen molar-refractivity contribution < 1.29 is 14.7 Å². The summed E-state index contributed by atoms with van der Waals surface area (Å²) in [6.45, 7) is 5.05. The van der Waals surface area contributed by atoms with E-state index in [1.54, 1.807) is 11.1 Å². The first-order chi connectivity index (χ1) is 12.9. The van der Waals surface area contributed by atoms with Crippen LogP contribution in [0.15, 0.2) is 30.6 Å². The summed E-state index contributed by atoms with van der Waals surface area (Å²) in [5, 5.41) is 19.3. The van der Waals surface area contributed by atoms with Gasteiger partial charge in [0.2, 0.25) is 5.91 Å². The van der Waals surface area contributed by atoms with Gasteiger partial charge < -0.3 is 20.6 Å². The second-order valence-electron chi connectivity index (χ2n) is 6.85. The van der Waals surface area contributed by atoms with Gasteiger partial charge in [-0.2, -0.15) is 5.10 Å².